The molecule has 5 aromatic rings. The Morgan fingerprint density at radius 3 is 2.14 bits per heavy atom. The zero-order chi connectivity index (χ0) is 29.6. The lowest BCUT2D eigenvalue weighted by Gasteiger charge is -2.50. The molecule has 1 unspecified atom stereocenters. The molecular formula is C36H31N3O3S. The van der Waals surface area contributed by atoms with E-state index in [0.29, 0.717) is 17.2 Å². The Morgan fingerprint density at radius 1 is 0.884 bits per heavy atom. The van der Waals surface area contributed by atoms with Gasteiger partial charge in [-0.05, 0) is 65.4 Å². The normalized spacial score (nSPS) is 19.7. The van der Waals surface area contributed by atoms with Gasteiger partial charge in [0, 0.05) is 34.9 Å². The minimum absolute atomic E-state index is 0.00344. The first-order valence-electron chi connectivity index (χ1n) is 14.4. The van der Waals surface area contributed by atoms with Crippen molar-refractivity contribution in [2.24, 2.45) is 5.41 Å². The molecule has 43 heavy (non-hydrogen) atoms. The van der Waals surface area contributed by atoms with E-state index in [1.807, 2.05) is 41.8 Å². The van der Waals surface area contributed by atoms with Gasteiger partial charge in [0.05, 0.1) is 18.2 Å². The molecule has 0 fully saturated rings. The van der Waals surface area contributed by atoms with E-state index >= 15 is 0 Å². The van der Waals surface area contributed by atoms with Crippen molar-refractivity contribution in [1.82, 2.24) is 10.3 Å². The molecule has 1 heterocycles. The quantitative estimate of drug-likeness (QED) is 0.209. The zero-order valence-electron chi connectivity index (χ0n) is 24.0. The van der Waals surface area contributed by atoms with Crippen molar-refractivity contribution in [3.8, 4) is 17.0 Å². The number of hydrogen-bond donors (Lipinski definition) is 2. The zero-order valence-corrected chi connectivity index (χ0v) is 24.8. The van der Waals surface area contributed by atoms with Crippen LogP contribution in [0.3, 0.4) is 0 Å². The topological polar surface area (TPSA) is 80.3 Å². The van der Waals surface area contributed by atoms with Crippen molar-refractivity contribution in [1.29, 1.82) is 0 Å². The number of benzene rings is 4. The Bertz CT molecular complexity index is 1780. The van der Waals surface area contributed by atoms with Gasteiger partial charge in [0.25, 0.3) is 5.91 Å². The third kappa shape index (κ3) is 4.79. The summed E-state index contributed by atoms with van der Waals surface area (Å²) in [5.74, 6) is 0.824. The highest BCUT2D eigenvalue weighted by molar-refractivity contribution is 7.14. The maximum absolute atomic E-state index is 14.0. The lowest BCUT2D eigenvalue weighted by Crippen LogP contribution is -2.47. The van der Waals surface area contributed by atoms with E-state index in [4.69, 9.17) is 9.72 Å². The number of ether oxygens (including phenoxy) is 1. The van der Waals surface area contributed by atoms with Gasteiger partial charge in [0.2, 0.25) is 5.91 Å². The monoisotopic (exact) mass is 585 g/mol. The second kappa shape index (κ2) is 10.8. The first-order valence-corrected chi connectivity index (χ1v) is 15.3. The molecule has 1 aromatic heterocycles. The number of carbonyl (C=O) groups excluding carboxylic acids is 2. The number of aromatic nitrogens is 1. The highest BCUT2D eigenvalue weighted by Crippen LogP contribution is 2.61. The molecule has 2 N–H and O–H groups in total. The van der Waals surface area contributed by atoms with E-state index in [1.165, 1.54) is 33.6 Å². The van der Waals surface area contributed by atoms with Gasteiger partial charge in [0.15, 0.2) is 5.13 Å². The molecule has 4 aromatic carbocycles. The maximum atomic E-state index is 14.0. The van der Waals surface area contributed by atoms with Crippen LogP contribution in [0.15, 0.2) is 102 Å². The molecule has 0 radical (unpaired) electrons. The highest BCUT2D eigenvalue weighted by atomic mass is 32.1. The first kappa shape index (κ1) is 27.1. The van der Waals surface area contributed by atoms with Gasteiger partial charge < -0.3 is 15.4 Å². The number of anilines is 1. The fraction of sp³-hybridized carbons (Fsp3) is 0.194. The molecule has 0 spiro atoms. The molecule has 0 saturated heterocycles. The summed E-state index contributed by atoms with van der Waals surface area (Å²) >= 11 is 1.41. The molecule has 2 bridgehead atoms. The predicted octanol–water partition coefficient (Wildman–Crippen LogP) is 7.37. The molecule has 0 aliphatic heterocycles. The number of amides is 2. The summed E-state index contributed by atoms with van der Waals surface area (Å²) in [6.45, 7) is 2.52. The second-order valence-electron chi connectivity index (χ2n) is 11.5. The average Bonchev–Trinajstić information content (AvgIpc) is 3.52. The molecule has 6 nitrogen and oxygen atoms in total. The number of nitrogens with one attached hydrogen (secondary N) is 2. The van der Waals surface area contributed by atoms with E-state index in [-0.39, 0.29) is 23.7 Å². The highest BCUT2D eigenvalue weighted by Gasteiger charge is 2.54. The van der Waals surface area contributed by atoms with E-state index in [9.17, 15) is 9.59 Å². The number of carbonyl (C=O) groups is 2. The van der Waals surface area contributed by atoms with E-state index in [2.05, 4.69) is 66.1 Å². The number of nitrogens with zero attached hydrogens (tertiary/aromatic N) is 1. The van der Waals surface area contributed by atoms with E-state index < -0.39 is 5.41 Å². The summed E-state index contributed by atoms with van der Waals surface area (Å²) in [6, 6.07) is 32.1. The van der Waals surface area contributed by atoms with Crippen LogP contribution in [-0.2, 0) is 11.3 Å². The standard InChI is InChI=1S/C36H31N3O3S/c1-36(19-30-26-7-3-5-9-28(26)32(36)29-10-6-4-8-27(29)30)34(41)39-35-38-31(21-43-35)23-13-15-24(16-14-23)33(40)37-20-22-11-17-25(42-2)18-12-22/h3-18,21,30,32H,19-20H2,1-2H3,(H,37,40)(H,38,39,41). The van der Waals surface area contributed by atoms with Crippen molar-refractivity contribution in [3.63, 3.8) is 0 Å². The Hall–Kier alpha value is -4.75. The molecular weight excluding hydrogens is 554 g/mol. The molecule has 3 aliphatic carbocycles. The lowest BCUT2D eigenvalue weighted by molar-refractivity contribution is -0.126. The van der Waals surface area contributed by atoms with Crippen LogP contribution < -0.4 is 15.4 Å². The Labute approximate surface area is 254 Å². The minimum atomic E-state index is -0.597. The molecule has 214 valence electrons. The number of methoxy groups -OCH3 is 1. The van der Waals surface area contributed by atoms with Gasteiger partial charge in [-0.2, -0.15) is 0 Å². The SMILES string of the molecule is COc1ccc(CNC(=O)c2ccc(-c3csc(NC(=O)C4(C)CC5c6ccccc6C4c4ccccc45)n3)cc2)cc1. The summed E-state index contributed by atoms with van der Waals surface area (Å²) in [7, 11) is 1.63. The molecule has 2 amide bonds. The summed E-state index contributed by atoms with van der Waals surface area (Å²) in [6.07, 6.45) is 0.762. The summed E-state index contributed by atoms with van der Waals surface area (Å²) < 4.78 is 5.19. The van der Waals surface area contributed by atoms with Gasteiger partial charge in [-0.15, -0.1) is 11.3 Å². The van der Waals surface area contributed by atoms with Crippen LogP contribution in [0, 0.1) is 5.41 Å². The van der Waals surface area contributed by atoms with Crippen LogP contribution in [0.25, 0.3) is 11.3 Å². The van der Waals surface area contributed by atoms with Gasteiger partial charge in [-0.3, -0.25) is 9.59 Å². The summed E-state index contributed by atoms with van der Waals surface area (Å²) in [5, 5.41) is 8.62. The van der Waals surface area contributed by atoms with Crippen molar-refractivity contribution < 1.29 is 14.3 Å². The average molecular weight is 586 g/mol. The minimum Gasteiger partial charge on any atom is -0.497 e. The van der Waals surface area contributed by atoms with Crippen LogP contribution in [0.1, 0.15) is 63.4 Å². The molecule has 1 atom stereocenters. The van der Waals surface area contributed by atoms with Crippen molar-refractivity contribution >= 4 is 28.3 Å². The number of fused-ring (bicyclic) bond motifs is 1. The van der Waals surface area contributed by atoms with Crippen molar-refractivity contribution in [2.75, 3.05) is 12.4 Å². The fourth-order valence-electron chi connectivity index (χ4n) is 6.71. The Balaban J connectivity index is 1.04. The first-order chi connectivity index (χ1) is 20.9. The number of rotatable bonds is 7. The number of hydrogen-bond acceptors (Lipinski definition) is 5. The maximum Gasteiger partial charge on any atom is 0.251 e. The molecule has 8 rings (SSSR count). The lowest BCUT2D eigenvalue weighted by atomic mass is 9.52. The third-order valence-electron chi connectivity index (χ3n) is 8.93. The van der Waals surface area contributed by atoms with Gasteiger partial charge >= 0.3 is 0 Å². The van der Waals surface area contributed by atoms with Crippen molar-refractivity contribution in [3.05, 3.63) is 136 Å². The largest absolute Gasteiger partial charge is 0.497 e. The van der Waals surface area contributed by atoms with Crippen LogP contribution in [0.5, 0.6) is 5.75 Å². The van der Waals surface area contributed by atoms with Crippen molar-refractivity contribution in [2.45, 2.75) is 31.7 Å². The van der Waals surface area contributed by atoms with Crippen LogP contribution in [-0.4, -0.2) is 23.9 Å². The van der Waals surface area contributed by atoms with Crippen LogP contribution in [0.4, 0.5) is 5.13 Å². The van der Waals surface area contributed by atoms with Gasteiger partial charge in [-0.25, -0.2) is 4.98 Å². The summed E-state index contributed by atoms with van der Waals surface area (Å²) in [5.41, 5.74) is 7.79. The smallest absolute Gasteiger partial charge is 0.251 e. The van der Waals surface area contributed by atoms with Crippen LogP contribution >= 0.6 is 11.3 Å². The molecule has 3 aliphatic rings. The van der Waals surface area contributed by atoms with Gasteiger partial charge in [0.1, 0.15) is 5.75 Å². The van der Waals surface area contributed by atoms with E-state index in [0.717, 1.165) is 29.0 Å². The van der Waals surface area contributed by atoms with E-state index in [1.54, 1.807) is 19.2 Å². The Kier molecular flexibility index (Phi) is 6.82. The second-order valence-corrected chi connectivity index (χ2v) is 12.3. The predicted molar refractivity (Wildman–Crippen MR) is 170 cm³/mol. The van der Waals surface area contributed by atoms with Gasteiger partial charge in [-0.1, -0.05) is 72.8 Å². The third-order valence-corrected chi connectivity index (χ3v) is 9.69. The fourth-order valence-corrected chi connectivity index (χ4v) is 7.43. The summed E-state index contributed by atoms with van der Waals surface area (Å²) in [4.78, 5) is 31.4. The Morgan fingerprint density at radius 2 is 1.51 bits per heavy atom. The van der Waals surface area contributed by atoms with Crippen LogP contribution in [0.2, 0.25) is 0 Å². The number of thiazole rings is 1. The molecule has 7 heteroatoms. The molecule has 0 saturated carbocycles.